The number of benzene rings is 2. The summed E-state index contributed by atoms with van der Waals surface area (Å²) in [5.74, 6) is -5.08. The molecular formula is C24H27AcF4N4O11P2-. The van der Waals surface area contributed by atoms with Crippen LogP contribution in [0.3, 0.4) is 0 Å². The van der Waals surface area contributed by atoms with Crippen LogP contribution in [0.2, 0.25) is 0 Å². The monoisotopic (exact) mass is 912 g/mol. The van der Waals surface area contributed by atoms with Gasteiger partial charge in [0, 0.05) is 74.5 Å². The number of primary amides is 1. The Balaban J connectivity index is 0.0000106. The Hall–Kier alpha value is -2.26. The van der Waals surface area contributed by atoms with E-state index in [9.17, 15) is 45.9 Å². The Bertz CT molecular complexity index is 1520. The second-order valence-electron chi connectivity index (χ2n) is 9.65. The predicted molar refractivity (Wildman–Crippen MR) is 146 cm³/mol. The predicted octanol–water partition coefficient (Wildman–Crippen LogP) is 1.28. The average Bonchev–Trinajstić information content (AvgIpc) is 2.91. The van der Waals surface area contributed by atoms with Crippen molar-refractivity contribution in [3.05, 3.63) is 76.5 Å². The van der Waals surface area contributed by atoms with E-state index in [0.717, 1.165) is 24.3 Å². The third kappa shape index (κ3) is 10.9. The van der Waals surface area contributed by atoms with E-state index in [-0.39, 0.29) is 55.2 Å². The summed E-state index contributed by atoms with van der Waals surface area (Å²) in [5.41, 5.74) is 1.94. The number of carboxylic acid groups (broad SMARTS) is 1. The fourth-order valence-electron chi connectivity index (χ4n) is 3.73. The van der Waals surface area contributed by atoms with Gasteiger partial charge < -0.3 is 46.8 Å². The zero-order valence-corrected chi connectivity index (χ0v) is 29.8. The third-order valence-electron chi connectivity index (χ3n) is 6.20. The third-order valence-corrected chi connectivity index (χ3v) is 8.18. The van der Waals surface area contributed by atoms with Crippen molar-refractivity contribution in [2.75, 3.05) is 0 Å². The first-order chi connectivity index (χ1) is 20.5. The average molecular weight is 912 g/mol. The maximum atomic E-state index is 14.0. The summed E-state index contributed by atoms with van der Waals surface area (Å²) >= 11 is 0. The zero-order valence-electron chi connectivity index (χ0n) is 23.2. The van der Waals surface area contributed by atoms with Gasteiger partial charge in [-0.15, -0.1) is 0 Å². The molecule has 2 aromatic rings. The normalized spacial score (nSPS) is 14.3. The molecule has 0 heterocycles. The zero-order chi connectivity index (χ0) is 34.5. The van der Waals surface area contributed by atoms with Crippen LogP contribution < -0.4 is 16.4 Å². The smallest absolute Gasteiger partial charge is 0.399 e. The Morgan fingerprint density at radius 3 is 1.41 bits per heavy atom. The summed E-state index contributed by atoms with van der Waals surface area (Å²) in [6, 6.07) is 1.31. The van der Waals surface area contributed by atoms with Gasteiger partial charge in [-0.2, -0.15) is 17.6 Å². The van der Waals surface area contributed by atoms with E-state index in [1.54, 1.807) is 0 Å². The van der Waals surface area contributed by atoms with Gasteiger partial charge in [0.15, 0.2) is 0 Å². The van der Waals surface area contributed by atoms with Gasteiger partial charge in [0.05, 0.1) is 0 Å². The molecule has 0 aliphatic heterocycles. The molecule has 46 heavy (non-hydrogen) atoms. The number of rotatable bonds is 15. The second kappa shape index (κ2) is 16.2. The molecule has 0 saturated carbocycles. The van der Waals surface area contributed by atoms with Gasteiger partial charge >= 0.3 is 32.5 Å². The number of carbonyl (C=O) groups excluding carboxylic acids is 3. The number of nitrogens with two attached hydrogens (primary N) is 1. The first-order valence-corrected chi connectivity index (χ1v) is 15.6. The number of hydrogen-bond acceptors (Lipinski definition) is 6. The molecule has 251 valence electrons. The number of halogens is 4. The maximum Gasteiger partial charge on any atom is 0.399 e. The van der Waals surface area contributed by atoms with Gasteiger partial charge in [0.2, 0.25) is 17.7 Å². The van der Waals surface area contributed by atoms with Gasteiger partial charge in [0.25, 0.3) is 0 Å². The number of alkyl halides is 4. The van der Waals surface area contributed by atoms with Crippen LogP contribution in [0.25, 0.3) is 5.73 Å². The molecule has 0 aromatic heterocycles. The summed E-state index contributed by atoms with van der Waals surface area (Å²) in [5, 5.41) is 13.1. The standard InChI is InChI=1S/C24H27F4N4O11P2.Ac/c25-23(26,44(38,39)40)14-5-1-12(2-6-14)9-17(20(30)35)31-22(37)18(32-21(36)16(29)11-19(33)34)10-13-3-7-15(8-4-13)24(27,28)45(41,42)43;/h1-8,16-18,29H,9-11H2,(H2,30,35)(H,31,37)(H,32,36)(H,33,34)(H2,38,39,40)(H2,41,42,43);/q-1;. The van der Waals surface area contributed by atoms with Crippen LogP contribution in [-0.4, -0.2) is 66.5 Å². The van der Waals surface area contributed by atoms with Crippen molar-refractivity contribution < 1.29 is 115 Å². The van der Waals surface area contributed by atoms with E-state index < -0.39 is 98.7 Å². The topological polar surface area (TPSA) is 277 Å². The first kappa shape index (κ1) is 41.8. The van der Waals surface area contributed by atoms with Crippen LogP contribution in [0.4, 0.5) is 17.6 Å². The van der Waals surface area contributed by atoms with Crippen molar-refractivity contribution in [3.63, 3.8) is 0 Å². The van der Waals surface area contributed by atoms with E-state index in [1.807, 2.05) is 0 Å². The van der Waals surface area contributed by atoms with Crippen molar-refractivity contribution in [2.24, 2.45) is 5.73 Å². The molecule has 0 saturated heterocycles. The number of aliphatic carboxylic acids is 1. The molecule has 3 unspecified atom stereocenters. The largest absolute Gasteiger partial charge is 0.666 e. The molecule has 10 N–H and O–H groups in total. The summed E-state index contributed by atoms with van der Waals surface area (Å²) < 4.78 is 78.1. The van der Waals surface area contributed by atoms with Gasteiger partial charge in [0.1, 0.15) is 12.1 Å². The molecule has 0 spiro atoms. The first-order valence-electron chi connectivity index (χ1n) is 12.4. The fourth-order valence-corrected chi connectivity index (χ4v) is 4.71. The molecule has 0 fully saturated rings. The van der Waals surface area contributed by atoms with Crippen LogP contribution in [0.15, 0.2) is 48.5 Å². The minimum Gasteiger partial charge on any atom is -0.666 e. The number of amides is 3. The summed E-state index contributed by atoms with van der Waals surface area (Å²) in [6.45, 7) is 0. The van der Waals surface area contributed by atoms with Crippen LogP contribution in [0.5, 0.6) is 0 Å². The minimum atomic E-state index is -5.90. The minimum absolute atomic E-state index is 0. The van der Waals surface area contributed by atoms with Crippen LogP contribution in [-0.2, 0) is 52.5 Å². The van der Waals surface area contributed by atoms with Crippen LogP contribution >= 0.6 is 15.2 Å². The molecule has 1 radical (unpaired) electrons. The molecule has 3 amide bonds. The Kier molecular flexibility index (Phi) is 14.7. The molecule has 0 bridgehead atoms. The molecule has 2 rings (SSSR count). The summed E-state index contributed by atoms with van der Waals surface area (Å²) in [4.78, 5) is 84.2. The van der Waals surface area contributed by atoms with Crippen LogP contribution in [0, 0.1) is 44.1 Å². The van der Waals surface area contributed by atoms with Gasteiger partial charge in [-0.25, -0.2) is 0 Å². The summed E-state index contributed by atoms with van der Waals surface area (Å²) in [7, 11) is -11.8. The molecule has 0 aliphatic carbocycles. The molecule has 15 nitrogen and oxygen atoms in total. The van der Waals surface area contributed by atoms with Crippen molar-refractivity contribution in [3.8, 4) is 0 Å². The van der Waals surface area contributed by atoms with Gasteiger partial charge in [-0.1, -0.05) is 48.5 Å². The van der Waals surface area contributed by atoms with E-state index in [2.05, 4.69) is 10.6 Å². The molecule has 3 atom stereocenters. The molecule has 22 heteroatoms. The van der Waals surface area contributed by atoms with E-state index >= 15 is 0 Å². The van der Waals surface area contributed by atoms with E-state index in [1.165, 1.54) is 0 Å². The van der Waals surface area contributed by atoms with Crippen molar-refractivity contribution in [1.29, 1.82) is 0 Å². The fraction of sp³-hybridized carbons (Fsp3) is 0.333. The molecule has 0 aliphatic rings. The van der Waals surface area contributed by atoms with Gasteiger partial charge in [-0.3, -0.25) is 28.3 Å². The molecule has 2 aromatic carbocycles. The van der Waals surface area contributed by atoms with E-state index in [4.69, 9.17) is 36.1 Å². The Morgan fingerprint density at radius 2 is 1.09 bits per heavy atom. The number of carbonyl (C=O) groups is 4. The Labute approximate surface area is 293 Å². The molecular weight excluding hydrogens is 885 g/mol. The SMILES string of the molecule is [Ac].[NH-]C(CC(=O)O)C(=O)NC(Cc1ccc(C(F)(F)P(=O)(O)O)cc1)C(=O)NC(Cc1ccc(C(F)(F)P(=O)(O)O)cc1)C(N)=O. The van der Waals surface area contributed by atoms with Crippen molar-refractivity contribution >= 4 is 38.9 Å². The van der Waals surface area contributed by atoms with Crippen molar-refractivity contribution in [2.45, 2.75) is 48.7 Å². The maximum absolute atomic E-state index is 14.0. The van der Waals surface area contributed by atoms with Gasteiger partial charge in [-0.05, 0) is 17.2 Å². The van der Waals surface area contributed by atoms with E-state index in [0.29, 0.717) is 24.3 Å². The quantitative estimate of drug-likeness (QED) is 0.0931. The number of carboxylic acids is 1. The number of hydrogen-bond donors (Lipinski definition) is 8. The van der Waals surface area contributed by atoms with Crippen molar-refractivity contribution in [1.82, 2.24) is 10.6 Å². The second-order valence-corrected chi connectivity index (χ2v) is 12.9. The van der Waals surface area contributed by atoms with Crippen LogP contribution in [0.1, 0.15) is 28.7 Å². The summed E-state index contributed by atoms with van der Waals surface area (Å²) in [6.07, 6.45) is -1.94. The number of nitrogens with one attached hydrogen (secondary N) is 3. The Morgan fingerprint density at radius 1 is 0.739 bits per heavy atom.